The molecule has 1 N–H and O–H groups in total. The van der Waals surface area contributed by atoms with E-state index in [2.05, 4.69) is 5.32 Å². The zero-order chi connectivity index (χ0) is 17.5. The van der Waals surface area contributed by atoms with Crippen LogP contribution in [-0.4, -0.2) is 22.8 Å². The highest BCUT2D eigenvalue weighted by Gasteiger charge is 2.23. The van der Waals surface area contributed by atoms with E-state index in [9.17, 15) is 14.0 Å². The number of hydrogen-bond donors (Lipinski definition) is 1. The van der Waals surface area contributed by atoms with Gasteiger partial charge in [0.25, 0.3) is 0 Å². The molecule has 0 aromatic heterocycles. The Morgan fingerprint density at radius 3 is 2.25 bits per heavy atom. The minimum absolute atomic E-state index is 0.207. The largest absolute Gasteiger partial charge is 0.350 e. The predicted molar refractivity (Wildman–Crippen MR) is 90.4 cm³/mol. The molecule has 4 nitrogen and oxygen atoms in total. The molecule has 0 radical (unpaired) electrons. The van der Waals surface area contributed by atoms with Crippen molar-refractivity contribution in [3.63, 3.8) is 0 Å². The second-order valence-corrected chi connectivity index (χ2v) is 5.65. The summed E-state index contributed by atoms with van der Waals surface area (Å²) in [7, 11) is 0. The van der Waals surface area contributed by atoms with Gasteiger partial charge in [-0.3, -0.25) is 9.59 Å². The van der Waals surface area contributed by atoms with Crippen LogP contribution < -0.4 is 5.32 Å². The Kier molecular flexibility index (Phi) is 6.07. The summed E-state index contributed by atoms with van der Waals surface area (Å²) in [5, 5.41) is 2.84. The van der Waals surface area contributed by atoms with Gasteiger partial charge in [-0.25, -0.2) is 4.39 Å². The van der Waals surface area contributed by atoms with Crippen molar-refractivity contribution in [3.8, 4) is 0 Å². The highest BCUT2D eigenvalue weighted by atomic mass is 19.1. The quantitative estimate of drug-likeness (QED) is 0.886. The topological polar surface area (TPSA) is 49.4 Å². The van der Waals surface area contributed by atoms with Crippen molar-refractivity contribution in [2.75, 3.05) is 0 Å². The molecule has 0 fully saturated rings. The number of halogens is 1. The van der Waals surface area contributed by atoms with Crippen molar-refractivity contribution in [1.29, 1.82) is 0 Å². The predicted octanol–water partition coefficient (Wildman–Crippen LogP) is 2.88. The monoisotopic (exact) mass is 328 g/mol. The van der Waals surface area contributed by atoms with Crippen LogP contribution in [0.15, 0.2) is 54.6 Å². The van der Waals surface area contributed by atoms with E-state index in [1.54, 1.807) is 19.1 Å². The second-order valence-electron chi connectivity index (χ2n) is 5.65. The SMILES string of the molecule is CC(=O)N(Cc1ccc(F)cc1)C(C)C(=O)NCc1ccccc1. The van der Waals surface area contributed by atoms with E-state index in [0.29, 0.717) is 6.54 Å². The van der Waals surface area contributed by atoms with E-state index in [0.717, 1.165) is 11.1 Å². The molecule has 0 bridgehead atoms. The van der Waals surface area contributed by atoms with Gasteiger partial charge in [0.15, 0.2) is 0 Å². The van der Waals surface area contributed by atoms with Gasteiger partial charge in [-0.15, -0.1) is 0 Å². The van der Waals surface area contributed by atoms with Gasteiger partial charge in [-0.2, -0.15) is 0 Å². The Hall–Kier alpha value is -2.69. The van der Waals surface area contributed by atoms with Crippen LogP contribution in [0.25, 0.3) is 0 Å². The molecule has 24 heavy (non-hydrogen) atoms. The maximum Gasteiger partial charge on any atom is 0.242 e. The summed E-state index contributed by atoms with van der Waals surface area (Å²) in [6, 6.07) is 14.9. The number of carbonyl (C=O) groups is 2. The third kappa shape index (κ3) is 4.91. The lowest BCUT2D eigenvalue weighted by Crippen LogP contribution is -2.46. The summed E-state index contributed by atoms with van der Waals surface area (Å²) < 4.78 is 13.0. The lowest BCUT2D eigenvalue weighted by molar-refractivity contribution is -0.139. The summed E-state index contributed by atoms with van der Waals surface area (Å²) in [6.45, 7) is 3.78. The maximum atomic E-state index is 13.0. The second kappa shape index (κ2) is 8.24. The van der Waals surface area contributed by atoms with E-state index >= 15 is 0 Å². The fraction of sp³-hybridized carbons (Fsp3) is 0.263. The number of nitrogens with zero attached hydrogens (tertiary/aromatic N) is 1. The Balaban J connectivity index is 1.99. The summed E-state index contributed by atoms with van der Waals surface area (Å²) in [5.41, 5.74) is 1.76. The van der Waals surface area contributed by atoms with Gasteiger partial charge in [0.1, 0.15) is 11.9 Å². The molecule has 0 aliphatic rings. The van der Waals surface area contributed by atoms with Gasteiger partial charge in [-0.05, 0) is 30.2 Å². The molecule has 5 heteroatoms. The van der Waals surface area contributed by atoms with E-state index in [-0.39, 0.29) is 24.2 Å². The Labute approximate surface area is 141 Å². The van der Waals surface area contributed by atoms with E-state index in [1.807, 2.05) is 30.3 Å². The molecular weight excluding hydrogens is 307 g/mol. The first kappa shape index (κ1) is 17.7. The van der Waals surface area contributed by atoms with Crippen LogP contribution in [0.1, 0.15) is 25.0 Å². The van der Waals surface area contributed by atoms with Crippen LogP contribution in [0.5, 0.6) is 0 Å². The van der Waals surface area contributed by atoms with Gasteiger partial charge in [-0.1, -0.05) is 42.5 Å². The lowest BCUT2D eigenvalue weighted by atomic mass is 10.1. The average molecular weight is 328 g/mol. The van der Waals surface area contributed by atoms with Crippen LogP contribution in [0, 0.1) is 5.82 Å². The van der Waals surface area contributed by atoms with E-state index < -0.39 is 6.04 Å². The molecule has 2 rings (SSSR count). The van der Waals surface area contributed by atoms with E-state index in [1.165, 1.54) is 24.0 Å². The number of nitrogens with one attached hydrogen (secondary N) is 1. The summed E-state index contributed by atoms with van der Waals surface area (Å²) >= 11 is 0. The van der Waals surface area contributed by atoms with Crippen molar-refractivity contribution in [2.24, 2.45) is 0 Å². The molecule has 1 atom stereocenters. The van der Waals surface area contributed by atoms with Crippen LogP contribution in [-0.2, 0) is 22.7 Å². The molecule has 0 heterocycles. The minimum Gasteiger partial charge on any atom is -0.350 e. The molecule has 0 saturated heterocycles. The number of hydrogen-bond acceptors (Lipinski definition) is 2. The van der Waals surface area contributed by atoms with Crippen LogP contribution in [0.2, 0.25) is 0 Å². The van der Waals surface area contributed by atoms with Crippen LogP contribution in [0.4, 0.5) is 4.39 Å². The van der Waals surface area contributed by atoms with Gasteiger partial charge in [0, 0.05) is 20.0 Å². The maximum absolute atomic E-state index is 13.0. The highest BCUT2D eigenvalue weighted by Crippen LogP contribution is 2.11. The summed E-state index contributed by atoms with van der Waals surface area (Å²) in [5.74, 6) is -0.764. The normalized spacial score (nSPS) is 11.6. The van der Waals surface area contributed by atoms with E-state index in [4.69, 9.17) is 0 Å². The number of benzene rings is 2. The molecule has 2 aromatic rings. The zero-order valence-electron chi connectivity index (χ0n) is 13.8. The van der Waals surface area contributed by atoms with Crippen molar-refractivity contribution in [3.05, 3.63) is 71.5 Å². The third-order valence-corrected chi connectivity index (χ3v) is 3.83. The Bertz CT molecular complexity index is 686. The number of carbonyl (C=O) groups excluding carboxylic acids is 2. The average Bonchev–Trinajstić information content (AvgIpc) is 2.59. The van der Waals surface area contributed by atoms with Crippen LogP contribution in [0.3, 0.4) is 0 Å². The number of amides is 2. The van der Waals surface area contributed by atoms with Gasteiger partial charge >= 0.3 is 0 Å². The van der Waals surface area contributed by atoms with Gasteiger partial charge < -0.3 is 10.2 Å². The first-order chi connectivity index (χ1) is 11.5. The standard InChI is InChI=1S/C19H21FN2O2/c1-14(19(24)21-12-16-6-4-3-5-7-16)22(15(2)23)13-17-8-10-18(20)11-9-17/h3-11,14H,12-13H2,1-2H3,(H,21,24). The Morgan fingerprint density at radius 1 is 1.04 bits per heavy atom. The van der Waals surface area contributed by atoms with Gasteiger partial charge in [0.2, 0.25) is 11.8 Å². The lowest BCUT2D eigenvalue weighted by Gasteiger charge is -2.27. The molecule has 1 unspecified atom stereocenters. The molecular formula is C19H21FN2O2. The highest BCUT2D eigenvalue weighted by molar-refractivity contribution is 5.86. The first-order valence-corrected chi connectivity index (χ1v) is 7.80. The molecule has 2 aromatic carbocycles. The van der Waals surface area contributed by atoms with Crippen LogP contribution >= 0.6 is 0 Å². The molecule has 0 aliphatic heterocycles. The van der Waals surface area contributed by atoms with Crippen molar-refractivity contribution < 1.29 is 14.0 Å². The fourth-order valence-electron chi connectivity index (χ4n) is 2.38. The fourth-order valence-corrected chi connectivity index (χ4v) is 2.38. The molecule has 0 aliphatic carbocycles. The third-order valence-electron chi connectivity index (χ3n) is 3.83. The molecule has 126 valence electrons. The zero-order valence-corrected chi connectivity index (χ0v) is 13.8. The summed E-state index contributed by atoms with van der Waals surface area (Å²) in [6.07, 6.45) is 0. The van der Waals surface area contributed by atoms with Crippen molar-refractivity contribution in [2.45, 2.75) is 33.0 Å². The van der Waals surface area contributed by atoms with Crippen molar-refractivity contribution in [1.82, 2.24) is 10.2 Å². The smallest absolute Gasteiger partial charge is 0.242 e. The number of rotatable bonds is 6. The molecule has 0 spiro atoms. The molecule has 0 saturated carbocycles. The summed E-state index contributed by atoms with van der Waals surface area (Å²) in [4.78, 5) is 25.7. The van der Waals surface area contributed by atoms with Crippen molar-refractivity contribution >= 4 is 11.8 Å². The first-order valence-electron chi connectivity index (χ1n) is 7.80. The van der Waals surface area contributed by atoms with Gasteiger partial charge in [0.05, 0.1) is 0 Å². The Morgan fingerprint density at radius 2 is 1.67 bits per heavy atom. The minimum atomic E-state index is -0.615. The molecule has 2 amide bonds.